The summed E-state index contributed by atoms with van der Waals surface area (Å²) < 4.78 is 60.2. The van der Waals surface area contributed by atoms with Gasteiger partial charge in [0.15, 0.2) is 0 Å². The summed E-state index contributed by atoms with van der Waals surface area (Å²) in [5, 5.41) is 2.29. The summed E-state index contributed by atoms with van der Waals surface area (Å²) in [6, 6.07) is 2.96. The predicted molar refractivity (Wildman–Crippen MR) is 84.2 cm³/mol. The number of carbonyl (C=O) groups is 2. The maximum Gasteiger partial charge on any atom is 0.491 e. The number of hydrogen-bond acceptors (Lipinski definition) is 5. The van der Waals surface area contributed by atoms with Crippen LogP contribution in [-0.4, -0.2) is 35.4 Å². The van der Waals surface area contributed by atoms with Gasteiger partial charge in [0.1, 0.15) is 11.6 Å². The predicted octanol–water partition coefficient (Wildman–Crippen LogP) is 2.43. The van der Waals surface area contributed by atoms with Gasteiger partial charge in [-0.05, 0) is 37.8 Å². The van der Waals surface area contributed by atoms with Crippen LogP contribution in [0.5, 0.6) is 5.75 Å². The lowest BCUT2D eigenvalue weighted by Crippen LogP contribution is -2.63. The normalized spacial score (nSPS) is 27.5. The van der Waals surface area contributed by atoms with Crippen LogP contribution in [0.1, 0.15) is 25.7 Å². The number of benzene rings is 1. The Kier molecular flexibility index (Phi) is 4.75. The van der Waals surface area contributed by atoms with Gasteiger partial charge in [0.05, 0.1) is 5.02 Å². The summed E-state index contributed by atoms with van der Waals surface area (Å²) >= 11 is 5.52. The number of rotatable bonds is 5. The summed E-state index contributed by atoms with van der Waals surface area (Å²) in [5.41, 5.74) is 4.94. The molecule has 0 saturated heterocycles. The molecule has 11 heteroatoms. The van der Waals surface area contributed by atoms with Crippen LogP contribution in [0.4, 0.5) is 17.6 Å². The lowest BCUT2D eigenvalue weighted by molar-refractivity contribution is -0.216. The van der Waals surface area contributed by atoms with E-state index in [-0.39, 0.29) is 10.8 Å². The summed E-state index contributed by atoms with van der Waals surface area (Å²) in [4.78, 5) is 23.6. The van der Waals surface area contributed by atoms with E-state index in [4.69, 9.17) is 22.1 Å². The minimum absolute atomic E-state index is 0.255. The first-order chi connectivity index (χ1) is 12.4. The number of hydrogen-bond donors (Lipinski definition) is 2. The van der Waals surface area contributed by atoms with Crippen LogP contribution in [0.2, 0.25) is 5.02 Å². The van der Waals surface area contributed by atoms with Crippen molar-refractivity contribution in [3.8, 4) is 5.75 Å². The third-order valence-electron chi connectivity index (χ3n) is 4.66. The Labute approximate surface area is 155 Å². The SMILES string of the molecule is NC12CCC(NC(=O)C(OC(=O)C(F)(F)F)Oc3ccc(Cl)c(F)c3)(C1)C2. The molecule has 3 aliphatic carbocycles. The second kappa shape index (κ2) is 6.52. The van der Waals surface area contributed by atoms with Crippen LogP contribution < -0.4 is 15.8 Å². The van der Waals surface area contributed by atoms with Crippen molar-refractivity contribution in [1.29, 1.82) is 0 Å². The molecule has 3 saturated carbocycles. The molecule has 148 valence electrons. The Balaban J connectivity index is 1.75. The number of halogens is 5. The number of nitrogens with one attached hydrogen (secondary N) is 1. The molecule has 0 aromatic heterocycles. The van der Waals surface area contributed by atoms with Crippen LogP contribution in [0.3, 0.4) is 0 Å². The summed E-state index contributed by atoms with van der Waals surface area (Å²) in [7, 11) is 0. The highest BCUT2D eigenvalue weighted by Crippen LogP contribution is 2.53. The van der Waals surface area contributed by atoms with Crippen molar-refractivity contribution in [3.63, 3.8) is 0 Å². The van der Waals surface area contributed by atoms with Crippen LogP contribution in [0.15, 0.2) is 18.2 Å². The van der Waals surface area contributed by atoms with Gasteiger partial charge in [-0.15, -0.1) is 0 Å². The van der Waals surface area contributed by atoms with Crippen LogP contribution in [0.25, 0.3) is 0 Å². The molecule has 6 nitrogen and oxygen atoms in total. The van der Waals surface area contributed by atoms with E-state index in [2.05, 4.69) is 10.1 Å². The van der Waals surface area contributed by atoms with Crippen molar-refractivity contribution in [2.24, 2.45) is 5.73 Å². The van der Waals surface area contributed by atoms with E-state index in [1.54, 1.807) is 0 Å². The molecule has 1 amide bonds. The molecular formula is C16H15ClF4N2O4. The highest BCUT2D eigenvalue weighted by molar-refractivity contribution is 6.30. The molecule has 1 unspecified atom stereocenters. The molecule has 3 fully saturated rings. The third-order valence-corrected chi connectivity index (χ3v) is 4.97. The van der Waals surface area contributed by atoms with Crippen molar-refractivity contribution >= 4 is 23.5 Å². The fourth-order valence-electron chi connectivity index (χ4n) is 3.58. The molecule has 1 aromatic rings. The van der Waals surface area contributed by atoms with E-state index >= 15 is 0 Å². The molecule has 1 aromatic carbocycles. The number of amides is 1. The molecule has 0 aliphatic heterocycles. The first-order valence-corrected chi connectivity index (χ1v) is 8.30. The van der Waals surface area contributed by atoms with Crippen LogP contribution in [-0.2, 0) is 14.3 Å². The zero-order chi connectivity index (χ0) is 20.0. The zero-order valence-corrected chi connectivity index (χ0v) is 14.5. The van der Waals surface area contributed by atoms with Crippen molar-refractivity contribution in [3.05, 3.63) is 29.0 Å². The van der Waals surface area contributed by atoms with Gasteiger partial charge < -0.3 is 20.5 Å². The standard InChI is InChI=1S/C16H15ClF4N2O4/c17-9-2-1-8(5-10(9)18)26-12(27-13(25)16(19,20)21)11(24)23-15-4-3-14(22,6-15)7-15/h1-2,5,12H,3-4,6-7,22H2,(H,23,24). The molecule has 4 rings (SSSR count). The number of nitrogens with two attached hydrogens (primary N) is 1. The summed E-state index contributed by atoms with van der Waals surface area (Å²) in [5.74, 6) is -4.95. The Morgan fingerprint density at radius 1 is 1.26 bits per heavy atom. The van der Waals surface area contributed by atoms with E-state index in [9.17, 15) is 27.2 Å². The minimum Gasteiger partial charge on any atom is -0.446 e. The van der Waals surface area contributed by atoms with Gasteiger partial charge in [-0.2, -0.15) is 13.2 Å². The van der Waals surface area contributed by atoms with E-state index in [1.165, 1.54) is 0 Å². The second-order valence-corrected chi connectivity index (χ2v) is 7.32. The second-order valence-electron chi connectivity index (χ2n) is 6.91. The van der Waals surface area contributed by atoms with Crippen LogP contribution >= 0.6 is 11.6 Å². The molecule has 1 atom stereocenters. The molecule has 0 spiro atoms. The highest BCUT2D eigenvalue weighted by atomic mass is 35.5. The quantitative estimate of drug-likeness (QED) is 0.442. The van der Waals surface area contributed by atoms with Gasteiger partial charge in [0, 0.05) is 17.1 Å². The number of esters is 1. The number of alkyl halides is 3. The summed E-state index contributed by atoms with van der Waals surface area (Å²) in [6.45, 7) is 0. The van der Waals surface area contributed by atoms with Gasteiger partial charge in [0.2, 0.25) is 0 Å². The highest BCUT2D eigenvalue weighted by Gasteiger charge is 2.60. The average Bonchev–Trinajstić information content (AvgIpc) is 3.01. The third kappa shape index (κ3) is 4.11. The Bertz CT molecular complexity index is 780. The van der Waals surface area contributed by atoms with Crippen LogP contribution in [0, 0.1) is 5.82 Å². The van der Waals surface area contributed by atoms with Crippen molar-refractivity contribution in [1.82, 2.24) is 5.32 Å². The number of carbonyl (C=O) groups excluding carboxylic acids is 2. The molecule has 0 radical (unpaired) electrons. The Morgan fingerprint density at radius 3 is 2.44 bits per heavy atom. The van der Waals surface area contributed by atoms with E-state index < -0.39 is 41.2 Å². The minimum atomic E-state index is -5.33. The first kappa shape index (κ1) is 19.7. The molecular weight excluding hydrogens is 396 g/mol. The fraction of sp³-hybridized carbons (Fsp3) is 0.500. The van der Waals surface area contributed by atoms with Gasteiger partial charge in [-0.1, -0.05) is 11.6 Å². The fourth-order valence-corrected chi connectivity index (χ4v) is 3.70. The topological polar surface area (TPSA) is 90.6 Å². The molecule has 0 heterocycles. The lowest BCUT2D eigenvalue weighted by atomic mass is 9.72. The van der Waals surface area contributed by atoms with Crippen molar-refractivity contribution < 1.29 is 36.6 Å². The number of ether oxygens (including phenoxy) is 2. The van der Waals surface area contributed by atoms with Crippen molar-refractivity contribution in [2.75, 3.05) is 0 Å². The number of fused-ring (bicyclic) bond motifs is 1. The first-order valence-electron chi connectivity index (χ1n) is 7.92. The van der Waals surface area contributed by atoms with Gasteiger partial charge in [-0.25, -0.2) is 9.18 Å². The van der Waals surface area contributed by atoms with Gasteiger partial charge in [-0.3, -0.25) is 4.79 Å². The Hall–Kier alpha value is -2.07. The van der Waals surface area contributed by atoms with Gasteiger partial charge in [0.25, 0.3) is 0 Å². The molecule has 3 N–H and O–H groups in total. The van der Waals surface area contributed by atoms with Crippen molar-refractivity contribution in [2.45, 2.75) is 49.2 Å². The largest absolute Gasteiger partial charge is 0.491 e. The van der Waals surface area contributed by atoms with E-state index in [1.807, 2.05) is 0 Å². The lowest BCUT2D eigenvalue weighted by Gasteiger charge is -2.45. The maximum absolute atomic E-state index is 13.5. The zero-order valence-electron chi connectivity index (χ0n) is 13.7. The monoisotopic (exact) mass is 410 g/mol. The smallest absolute Gasteiger partial charge is 0.446 e. The van der Waals surface area contributed by atoms with Gasteiger partial charge >= 0.3 is 24.3 Å². The molecule has 27 heavy (non-hydrogen) atoms. The average molecular weight is 411 g/mol. The van der Waals surface area contributed by atoms with E-state index in [0.717, 1.165) is 18.2 Å². The molecule has 2 bridgehead atoms. The molecule has 3 aliphatic rings. The Morgan fingerprint density at radius 2 is 1.93 bits per heavy atom. The summed E-state index contributed by atoms with van der Waals surface area (Å²) in [6.07, 6.45) is -5.47. The maximum atomic E-state index is 13.5. The van der Waals surface area contributed by atoms with E-state index in [0.29, 0.717) is 25.7 Å².